The van der Waals surface area contributed by atoms with Crippen molar-refractivity contribution in [2.24, 2.45) is 0 Å². The summed E-state index contributed by atoms with van der Waals surface area (Å²) < 4.78 is 0.924. The van der Waals surface area contributed by atoms with Crippen molar-refractivity contribution in [1.29, 1.82) is 0 Å². The van der Waals surface area contributed by atoms with Crippen LogP contribution in [0, 0.1) is 0 Å². The van der Waals surface area contributed by atoms with Crippen LogP contribution in [0.4, 0.5) is 10.5 Å². The first-order chi connectivity index (χ1) is 9.15. The van der Waals surface area contributed by atoms with Gasteiger partial charge in [0.05, 0.1) is 5.69 Å². The van der Waals surface area contributed by atoms with Gasteiger partial charge >= 0.3 is 6.03 Å². The van der Waals surface area contributed by atoms with Gasteiger partial charge in [0, 0.05) is 15.9 Å². The van der Waals surface area contributed by atoms with Crippen LogP contribution in [0.25, 0.3) is 0 Å². The van der Waals surface area contributed by atoms with Crippen molar-refractivity contribution in [3.63, 3.8) is 0 Å². The Bertz CT molecular complexity index is 575. The molecule has 3 nitrogen and oxygen atoms in total. The first kappa shape index (κ1) is 14.0. The molecule has 0 heterocycles. The van der Waals surface area contributed by atoms with Gasteiger partial charge in [-0.25, -0.2) is 4.79 Å². The summed E-state index contributed by atoms with van der Waals surface area (Å²) in [5, 5.41) is 5.55. The number of carbonyl (C=O) groups is 1. The topological polar surface area (TPSA) is 41.1 Å². The first-order valence-electron chi connectivity index (χ1n) is 5.72. The molecule has 0 saturated heterocycles. The van der Waals surface area contributed by atoms with Gasteiger partial charge < -0.3 is 10.6 Å². The number of benzene rings is 2. The van der Waals surface area contributed by atoms with Crippen molar-refractivity contribution >= 4 is 40.3 Å². The van der Waals surface area contributed by atoms with Gasteiger partial charge in [0.15, 0.2) is 0 Å². The van der Waals surface area contributed by atoms with Gasteiger partial charge in [-0.05, 0) is 23.8 Å². The highest BCUT2D eigenvalue weighted by Crippen LogP contribution is 2.23. The Morgan fingerprint density at radius 2 is 1.89 bits per heavy atom. The summed E-state index contributed by atoms with van der Waals surface area (Å²) in [5.41, 5.74) is 1.73. The molecule has 0 bridgehead atoms. The van der Waals surface area contributed by atoms with Gasteiger partial charge in [-0.2, -0.15) is 0 Å². The van der Waals surface area contributed by atoms with Crippen molar-refractivity contribution in [2.75, 3.05) is 5.32 Å². The summed E-state index contributed by atoms with van der Waals surface area (Å²) in [7, 11) is 0. The van der Waals surface area contributed by atoms with E-state index in [-0.39, 0.29) is 6.03 Å². The number of thiol groups is 1. The Hall–Kier alpha value is -1.46. The lowest BCUT2D eigenvalue weighted by atomic mass is 10.2. The summed E-state index contributed by atoms with van der Waals surface area (Å²) in [6.45, 7) is 0.491. The third-order valence-corrected chi connectivity index (χ3v) is 3.37. The molecular weight excluding hydrogens is 324 g/mol. The molecule has 2 aromatic rings. The molecular formula is C14H13BrN2OS. The van der Waals surface area contributed by atoms with Crippen LogP contribution in [0.1, 0.15) is 5.56 Å². The molecule has 98 valence electrons. The van der Waals surface area contributed by atoms with Gasteiger partial charge in [-0.1, -0.05) is 46.3 Å². The van der Waals surface area contributed by atoms with E-state index in [4.69, 9.17) is 0 Å². The van der Waals surface area contributed by atoms with E-state index in [1.165, 1.54) is 0 Å². The summed E-state index contributed by atoms with van der Waals surface area (Å²) in [4.78, 5) is 12.5. The molecule has 2 amide bonds. The number of anilines is 1. The van der Waals surface area contributed by atoms with Crippen molar-refractivity contribution in [3.8, 4) is 0 Å². The summed E-state index contributed by atoms with van der Waals surface area (Å²) >= 11 is 7.65. The van der Waals surface area contributed by atoms with Crippen molar-refractivity contribution in [2.45, 2.75) is 11.4 Å². The minimum atomic E-state index is -0.249. The van der Waals surface area contributed by atoms with E-state index in [1.807, 2.05) is 42.5 Å². The zero-order valence-electron chi connectivity index (χ0n) is 10.1. The highest BCUT2D eigenvalue weighted by Gasteiger charge is 2.04. The molecule has 0 aromatic heterocycles. The summed E-state index contributed by atoms with van der Waals surface area (Å²) in [6, 6.07) is 15.0. The lowest BCUT2D eigenvalue weighted by Crippen LogP contribution is -2.28. The number of nitrogens with one attached hydrogen (secondary N) is 2. The molecule has 0 unspecified atom stereocenters. The maximum atomic E-state index is 11.8. The van der Waals surface area contributed by atoms with Crippen LogP contribution in [-0.4, -0.2) is 6.03 Å². The second-order valence-electron chi connectivity index (χ2n) is 3.95. The fourth-order valence-electron chi connectivity index (χ4n) is 1.56. The SMILES string of the molecule is O=C(NCc1ccccc1)Nc1ccc(Br)cc1S. The van der Waals surface area contributed by atoms with E-state index in [0.29, 0.717) is 17.1 Å². The van der Waals surface area contributed by atoms with Gasteiger partial charge in [0.1, 0.15) is 0 Å². The third kappa shape index (κ3) is 4.29. The van der Waals surface area contributed by atoms with Crippen LogP contribution in [0.5, 0.6) is 0 Å². The van der Waals surface area contributed by atoms with Crippen LogP contribution in [-0.2, 0) is 6.54 Å². The smallest absolute Gasteiger partial charge is 0.319 e. The highest BCUT2D eigenvalue weighted by atomic mass is 79.9. The van der Waals surface area contributed by atoms with E-state index in [9.17, 15) is 4.79 Å². The Morgan fingerprint density at radius 1 is 1.16 bits per heavy atom. The largest absolute Gasteiger partial charge is 0.334 e. The molecule has 0 aliphatic carbocycles. The summed E-state index contributed by atoms with van der Waals surface area (Å²) in [5.74, 6) is 0. The molecule has 0 spiro atoms. The maximum absolute atomic E-state index is 11.8. The first-order valence-corrected chi connectivity index (χ1v) is 6.96. The quantitative estimate of drug-likeness (QED) is 0.727. The number of hydrogen-bond acceptors (Lipinski definition) is 2. The maximum Gasteiger partial charge on any atom is 0.319 e. The average molecular weight is 337 g/mol. The molecule has 0 aliphatic heterocycles. The number of rotatable bonds is 3. The fraction of sp³-hybridized carbons (Fsp3) is 0.0714. The Morgan fingerprint density at radius 3 is 2.58 bits per heavy atom. The highest BCUT2D eigenvalue weighted by molar-refractivity contribution is 9.10. The molecule has 2 N–H and O–H groups in total. The number of halogens is 1. The van der Waals surface area contributed by atoms with E-state index < -0.39 is 0 Å². The summed E-state index contributed by atoms with van der Waals surface area (Å²) in [6.07, 6.45) is 0. The third-order valence-electron chi connectivity index (χ3n) is 2.50. The molecule has 0 aliphatic rings. The van der Waals surface area contributed by atoms with E-state index in [1.54, 1.807) is 6.07 Å². The monoisotopic (exact) mass is 336 g/mol. The minimum Gasteiger partial charge on any atom is -0.334 e. The molecule has 2 rings (SSSR count). The lowest BCUT2D eigenvalue weighted by molar-refractivity contribution is 0.251. The second kappa shape index (κ2) is 6.63. The van der Waals surface area contributed by atoms with Gasteiger partial charge in [0.2, 0.25) is 0 Å². The average Bonchev–Trinajstić information content (AvgIpc) is 2.41. The van der Waals surface area contributed by atoms with Crippen LogP contribution < -0.4 is 10.6 Å². The van der Waals surface area contributed by atoms with Crippen LogP contribution in [0.15, 0.2) is 57.9 Å². The molecule has 5 heteroatoms. The van der Waals surface area contributed by atoms with E-state index in [0.717, 1.165) is 10.0 Å². The predicted octanol–water partition coefficient (Wildman–Crippen LogP) is 4.06. The zero-order valence-corrected chi connectivity index (χ0v) is 12.5. The lowest BCUT2D eigenvalue weighted by Gasteiger charge is -2.09. The number of hydrogen-bond donors (Lipinski definition) is 3. The van der Waals surface area contributed by atoms with Crippen molar-refractivity contribution in [1.82, 2.24) is 5.32 Å². The Kier molecular flexibility index (Phi) is 4.87. The molecule has 0 saturated carbocycles. The second-order valence-corrected chi connectivity index (χ2v) is 5.35. The Labute approximate surface area is 126 Å². The van der Waals surface area contributed by atoms with Crippen LogP contribution in [0.3, 0.4) is 0 Å². The van der Waals surface area contributed by atoms with Crippen molar-refractivity contribution < 1.29 is 4.79 Å². The standard InChI is InChI=1S/C14H13BrN2OS/c15-11-6-7-12(13(19)8-11)17-14(18)16-9-10-4-2-1-3-5-10/h1-8,19H,9H2,(H2,16,17,18). The van der Waals surface area contributed by atoms with Crippen LogP contribution >= 0.6 is 28.6 Å². The Balaban J connectivity index is 1.91. The number of carbonyl (C=O) groups excluding carboxylic acids is 1. The van der Waals surface area contributed by atoms with Crippen LogP contribution in [0.2, 0.25) is 0 Å². The number of amides is 2. The fourth-order valence-corrected chi connectivity index (χ4v) is 2.36. The normalized spacial score (nSPS) is 10.0. The molecule has 2 aromatic carbocycles. The van der Waals surface area contributed by atoms with Gasteiger partial charge in [-0.3, -0.25) is 0 Å². The molecule has 0 fully saturated rings. The molecule has 0 radical (unpaired) electrons. The predicted molar refractivity (Wildman–Crippen MR) is 83.7 cm³/mol. The van der Waals surface area contributed by atoms with Gasteiger partial charge in [-0.15, -0.1) is 12.6 Å². The zero-order chi connectivity index (χ0) is 13.7. The van der Waals surface area contributed by atoms with Crippen molar-refractivity contribution in [3.05, 3.63) is 58.6 Å². The molecule has 19 heavy (non-hydrogen) atoms. The van der Waals surface area contributed by atoms with Gasteiger partial charge in [0.25, 0.3) is 0 Å². The molecule has 0 atom stereocenters. The van der Waals surface area contributed by atoms with E-state index in [2.05, 4.69) is 39.2 Å². The minimum absolute atomic E-state index is 0.249. The number of urea groups is 1. The van der Waals surface area contributed by atoms with E-state index >= 15 is 0 Å².